The van der Waals surface area contributed by atoms with E-state index in [1.54, 1.807) is 27.3 Å². The monoisotopic (exact) mass is 754 g/mol. The summed E-state index contributed by atoms with van der Waals surface area (Å²) < 4.78 is 5.39. The molecule has 1 aromatic carbocycles. The highest BCUT2D eigenvalue weighted by molar-refractivity contribution is 6.12. The number of aliphatic carboxylic acids is 1. The molecule has 54 heavy (non-hydrogen) atoms. The van der Waals surface area contributed by atoms with E-state index in [0.29, 0.717) is 5.75 Å². The van der Waals surface area contributed by atoms with Crippen LogP contribution in [-0.2, 0) is 39.0 Å². The number of likely N-dealkylation sites (N-methyl/N-ethyl adjacent to an activating group) is 2. The molecule has 1 aromatic rings. The Morgan fingerprint density at radius 1 is 0.981 bits per heavy atom. The molecule has 0 saturated carbocycles. The number of nitrogens with one attached hydrogen (secondary N) is 4. The first kappa shape index (κ1) is 45.1. The average molecular weight is 755 g/mol. The first-order valence-electron chi connectivity index (χ1n) is 18.0. The smallest absolute Gasteiger partial charge is 0.326 e. The van der Waals surface area contributed by atoms with Crippen molar-refractivity contribution < 1.29 is 43.4 Å². The van der Waals surface area contributed by atoms with Gasteiger partial charge in [0.05, 0.1) is 19.2 Å². The minimum absolute atomic E-state index is 0.0100. The van der Waals surface area contributed by atoms with Crippen LogP contribution in [0.4, 0.5) is 0 Å². The zero-order chi connectivity index (χ0) is 41.1. The van der Waals surface area contributed by atoms with Crippen molar-refractivity contribution in [2.24, 2.45) is 11.3 Å². The van der Waals surface area contributed by atoms with E-state index in [0.717, 1.165) is 22.6 Å². The van der Waals surface area contributed by atoms with Crippen molar-refractivity contribution in [2.75, 3.05) is 34.3 Å². The highest BCUT2D eigenvalue weighted by Gasteiger charge is 2.42. The van der Waals surface area contributed by atoms with E-state index in [-0.39, 0.29) is 49.2 Å². The zero-order valence-electron chi connectivity index (χ0n) is 33.4. The molecule has 6 amide bonds. The molecular weight excluding hydrogens is 696 g/mol. The third-order valence-corrected chi connectivity index (χ3v) is 9.56. The molecule has 298 valence electrons. The fourth-order valence-corrected chi connectivity index (χ4v) is 6.17. The fraction of sp³-hybridized carbons (Fsp3) is 0.564. The quantitative estimate of drug-likeness (QED) is 0.103. The van der Waals surface area contributed by atoms with Crippen molar-refractivity contribution in [1.29, 1.82) is 0 Å². The number of hydrogen-bond acceptors (Lipinski definition) is 9. The standard InChI is InChI=1S/C39H58N6O9/c1-23(2)28(21-24(3)34(49)42-27(37(52)53)15-16-29(46)41-19-20-45-30(47)17-18-31(45)48)44(10)36(51)33(38(4,5)6)43-35(50)32(40-9)39(7,8)25-13-12-14-26(22-25)54-11/h12-14,17-18,21-23,27-28,32-33,40H,15-16,19-20H2,1-11H3,(H,41,46)(H,42,49)(H,43,50)(H,52,53)/b24-21+/t27-,28-,32-,33-/m1/s1. The highest BCUT2D eigenvalue weighted by atomic mass is 16.5. The molecule has 0 fully saturated rings. The van der Waals surface area contributed by atoms with Gasteiger partial charge >= 0.3 is 5.97 Å². The van der Waals surface area contributed by atoms with Crippen LogP contribution in [0.1, 0.15) is 73.8 Å². The first-order valence-corrected chi connectivity index (χ1v) is 18.0. The largest absolute Gasteiger partial charge is 0.497 e. The van der Waals surface area contributed by atoms with E-state index in [2.05, 4.69) is 21.3 Å². The average Bonchev–Trinajstić information content (AvgIpc) is 3.42. The number of benzene rings is 1. The number of carboxylic acids is 1. The predicted octanol–water partition coefficient (Wildman–Crippen LogP) is 1.91. The Kier molecular flexibility index (Phi) is 16.1. The second kappa shape index (κ2) is 19.3. The number of carboxylic acid groups (broad SMARTS) is 1. The molecule has 5 N–H and O–H groups in total. The van der Waals surface area contributed by atoms with Gasteiger partial charge in [0.25, 0.3) is 11.8 Å². The Hall–Kier alpha value is -5.05. The second-order valence-electron chi connectivity index (χ2n) is 15.4. The minimum atomic E-state index is -1.39. The van der Waals surface area contributed by atoms with Gasteiger partial charge < -0.3 is 36.0 Å². The van der Waals surface area contributed by atoms with Crippen LogP contribution in [0.2, 0.25) is 0 Å². The van der Waals surface area contributed by atoms with Crippen LogP contribution in [0, 0.1) is 11.3 Å². The van der Waals surface area contributed by atoms with Gasteiger partial charge in [-0.3, -0.25) is 33.7 Å². The topological polar surface area (TPSA) is 204 Å². The molecule has 2 rings (SSSR count). The summed E-state index contributed by atoms with van der Waals surface area (Å²) in [6.07, 6.45) is 3.40. The highest BCUT2D eigenvalue weighted by Crippen LogP contribution is 2.31. The van der Waals surface area contributed by atoms with E-state index in [4.69, 9.17) is 4.74 Å². The number of amides is 6. The number of ether oxygens (including phenoxy) is 1. The maximum absolute atomic E-state index is 14.2. The number of carbonyl (C=O) groups is 7. The molecule has 1 aliphatic rings. The van der Waals surface area contributed by atoms with E-state index in [1.165, 1.54) is 11.8 Å². The van der Waals surface area contributed by atoms with Crippen LogP contribution in [0.5, 0.6) is 5.75 Å². The van der Waals surface area contributed by atoms with Gasteiger partial charge in [-0.05, 0) is 49.4 Å². The molecule has 0 spiro atoms. The number of methoxy groups -OCH3 is 1. The normalized spacial score (nSPS) is 15.7. The summed E-state index contributed by atoms with van der Waals surface area (Å²) in [6.45, 7) is 14.6. The van der Waals surface area contributed by atoms with Crippen molar-refractivity contribution in [3.05, 3.63) is 53.6 Å². The summed E-state index contributed by atoms with van der Waals surface area (Å²) in [5, 5.41) is 20.9. The first-order chi connectivity index (χ1) is 25.1. The molecule has 0 aromatic heterocycles. The summed E-state index contributed by atoms with van der Waals surface area (Å²) in [4.78, 5) is 91.6. The summed E-state index contributed by atoms with van der Waals surface area (Å²) in [5.74, 6) is -3.79. The Labute approximate surface area is 318 Å². The molecular formula is C39H58N6O9. The Bertz CT molecular complexity index is 1610. The van der Waals surface area contributed by atoms with Crippen LogP contribution in [-0.4, -0.2) is 115 Å². The Balaban J connectivity index is 2.17. The van der Waals surface area contributed by atoms with Gasteiger partial charge in [-0.1, -0.05) is 66.7 Å². The van der Waals surface area contributed by atoms with Crippen molar-refractivity contribution >= 4 is 41.4 Å². The second-order valence-corrected chi connectivity index (χ2v) is 15.4. The number of imide groups is 1. The van der Waals surface area contributed by atoms with Crippen molar-refractivity contribution in [3.63, 3.8) is 0 Å². The van der Waals surface area contributed by atoms with Gasteiger partial charge in [-0.25, -0.2) is 4.79 Å². The molecule has 1 aliphatic heterocycles. The summed E-state index contributed by atoms with van der Waals surface area (Å²) in [6, 6.07) is 3.78. The van der Waals surface area contributed by atoms with Crippen LogP contribution < -0.4 is 26.0 Å². The number of nitrogens with zero attached hydrogens (tertiary/aromatic N) is 2. The van der Waals surface area contributed by atoms with Gasteiger partial charge in [-0.2, -0.15) is 0 Å². The SMILES string of the molecule is CN[C@H](C(=O)N[C@H](C(=O)N(C)[C@H](/C=C(\C)C(=O)N[C@H](CCC(=O)NCCN1C(=O)C=CC1=O)C(=O)O)C(C)C)C(C)(C)C)C(C)(C)c1cccc(OC)c1. The van der Waals surface area contributed by atoms with Gasteiger partial charge in [0.2, 0.25) is 23.6 Å². The lowest BCUT2D eigenvalue weighted by Crippen LogP contribution is -2.61. The maximum atomic E-state index is 14.2. The molecule has 1 heterocycles. The van der Waals surface area contributed by atoms with Crippen LogP contribution in [0.3, 0.4) is 0 Å². The number of rotatable bonds is 19. The van der Waals surface area contributed by atoms with Gasteiger partial charge in [0, 0.05) is 49.7 Å². The number of carbonyl (C=O) groups excluding carboxylic acids is 6. The molecule has 15 nitrogen and oxygen atoms in total. The zero-order valence-corrected chi connectivity index (χ0v) is 33.4. The van der Waals surface area contributed by atoms with Gasteiger partial charge in [0.15, 0.2) is 0 Å². The predicted molar refractivity (Wildman–Crippen MR) is 203 cm³/mol. The molecule has 15 heteroatoms. The Morgan fingerprint density at radius 3 is 2.11 bits per heavy atom. The summed E-state index contributed by atoms with van der Waals surface area (Å²) in [7, 11) is 4.86. The molecule has 4 atom stereocenters. The van der Waals surface area contributed by atoms with E-state index in [1.807, 2.05) is 72.7 Å². The lowest BCUT2D eigenvalue weighted by atomic mass is 9.76. The summed E-state index contributed by atoms with van der Waals surface area (Å²) in [5.41, 5.74) is -0.394. The molecule has 0 unspecified atom stereocenters. The lowest BCUT2D eigenvalue weighted by Gasteiger charge is -2.40. The lowest BCUT2D eigenvalue weighted by molar-refractivity contribution is -0.142. The van der Waals surface area contributed by atoms with Gasteiger partial charge in [0.1, 0.15) is 17.8 Å². The molecule has 0 radical (unpaired) electrons. The van der Waals surface area contributed by atoms with Crippen LogP contribution in [0.15, 0.2) is 48.1 Å². The van der Waals surface area contributed by atoms with E-state index in [9.17, 15) is 38.7 Å². The van der Waals surface area contributed by atoms with Crippen molar-refractivity contribution in [2.45, 2.75) is 97.8 Å². The fourth-order valence-electron chi connectivity index (χ4n) is 6.17. The molecule has 0 bridgehead atoms. The van der Waals surface area contributed by atoms with E-state index < -0.39 is 64.6 Å². The minimum Gasteiger partial charge on any atom is -0.497 e. The van der Waals surface area contributed by atoms with Crippen molar-refractivity contribution in [1.82, 2.24) is 31.1 Å². The summed E-state index contributed by atoms with van der Waals surface area (Å²) >= 11 is 0. The number of hydrogen-bond donors (Lipinski definition) is 5. The van der Waals surface area contributed by atoms with Crippen molar-refractivity contribution in [3.8, 4) is 5.75 Å². The molecule has 0 saturated heterocycles. The van der Waals surface area contributed by atoms with Crippen LogP contribution >= 0.6 is 0 Å². The van der Waals surface area contributed by atoms with Crippen LogP contribution in [0.25, 0.3) is 0 Å². The molecule has 0 aliphatic carbocycles. The van der Waals surface area contributed by atoms with Gasteiger partial charge in [-0.15, -0.1) is 0 Å². The third kappa shape index (κ3) is 12.0. The maximum Gasteiger partial charge on any atom is 0.326 e. The van der Waals surface area contributed by atoms with E-state index >= 15 is 0 Å². The third-order valence-electron chi connectivity index (χ3n) is 9.56. The Morgan fingerprint density at radius 2 is 1.59 bits per heavy atom.